The minimum absolute atomic E-state index is 0.175. The Morgan fingerprint density at radius 2 is 2.18 bits per heavy atom. The van der Waals surface area contributed by atoms with Crippen LogP contribution in [0.1, 0.15) is 31.2 Å². The molecule has 1 heterocycles. The average Bonchev–Trinajstić information content (AvgIpc) is 3.26. The summed E-state index contributed by atoms with van der Waals surface area (Å²) in [5, 5.41) is 11.2. The Balaban J connectivity index is 1.54. The van der Waals surface area contributed by atoms with Gasteiger partial charge in [-0.25, -0.2) is 0 Å². The van der Waals surface area contributed by atoms with Gasteiger partial charge >= 0.3 is 0 Å². The van der Waals surface area contributed by atoms with E-state index in [9.17, 15) is 4.79 Å². The summed E-state index contributed by atoms with van der Waals surface area (Å²) >= 11 is 0. The van der Waals surface area contributed by atoms with Gasteiger partial charge in [0.1, 0.15) is 0 Å². The van der Waals surface area contributed by atoms with Crippen LogP contribution in [0, 0.1) is 18.3 Å². The first kappa shape index (κ1) is 13.4. The van der Waals surface area contributed by atoms with E-state index in [2.05, 4.69) is 15.5 Å². The third kappa shape index (κ3) is 2.19. The lowest BCUT2D eigenvalue weighted by molar-refractivity contribution is -0.118. The van der Waals surface area contributed by atoms with Gasteiger partial charge in [-0.05, 0) is 61.4 Å². The van der Waals surface area contributed by atoms with Crippen molar-refractivity contribution in [1.82, 2.24) is 10.2 Å². The first-order valence-electron chi connectivity index (χ1n) is 7.88. The molecule has 4 heteroatoms. The Bertz CT molecular complexity index is 722. The Morgan fingerprint density at radius 1 is 1.32 bits per heavy atom. The third-order valence-corrected chi connectivity index (χ3v) is 5.21. The lowest BCUT2D eigenvalue weighted by Crippen LogP contribution is -2.23. The summed E-state index contributed by atoms with van der Waals surface area (Å²) in [5.41, 5.74) is 4.18. The highest BCUT2D eigenvalue weighted by molar-refractivity contribution is 5.95. The van der Waals surface area contributed by atoms with E-state index in [0.29, 0.717) is 5.41 Å². The number of aromatic nitrogens is 2. The van der Waals surface area contributed by atoms with Crippen LogP contribution in [0.2, 0.25) is 0 Å². The summed E-state index contributed by atoms with van der Waals surface area (Å²) in [6.45, 7) is 2.04. The molecule has 22 heavy (non-hydrogen) atoms. The van der Waals surface area contributed by atoms with Crippen LogP contribution in [-0.4, -0.2) is 16.1 Å². The van der Waals surface area contributed by atoms with Crippen molar-refractivity contribution in [1.29, 1.82) is 0 Å². The predicted molar refractivity (Wildman–Crippen MR) is 85.2 cm³/mol. The van der Waals surface area contributed by atoms with E-state index in [4.69, 9.17) is 0 Å². The number of carbonyl (C=O) groups excluding carboxylic acids is 1. The molecule has 2 fully saturated rings. The molecule has 2 aromatic rings. The molecule has 1 amide bonds. The second-order valence-corrected chi connectivity index (χ2v) is 6.60. The Kier molecular flexibility index (Phi) is 2.99. The molecule has 1 aromatic heterocycles. The summed E-state index contributed by atoms with van der Waals surface area (Å²) in [4.78, 5) is 12.4. The van der Waals surface area contributed by atoms with Gasteiger partial charge in [0.05, 0.1) is 5.69 Å². The maximum absolute atomic E-state index is 12.4. The fourth-order valence-electron chi connectivity index (χ4n) is 3.55. The summed E-state index contributed by atoms with van der Waals surface area (Å²) in [5.74, 6) is 0.399. The zero-order valence-electron chi connectivity index (χ0n) is 12.7. The molecule has 0 bridgehead atoms. The SMILES string of the molecule is Cc1ccc(NC(=O)C2CC23CCC3)cc1-c1cccnn1. The summed E-state index contributed by atoms with van der Waals surface area (Å²) < 4.78 is 0. The molecule has 1 unspecified atom stereocenters. The molecule has 1 aromatic carbocycles. The molecule has 2 aliphatic carbocycles. The van der Waals surface area contributed by atoms with Crippen molar-refractivity contribution in [3.63, 3.8) is 0 Å². The van der Waals surface area contributed by atoms with Gasteiger partial charge in [0.2, 0.25) is 5.91 Å². The highest BCUT2D eigenvalue weighted by Crippen LogP contribution is 2.65. The molecule has 0 saturated heterocycles. The first-order chi connectivity index (χ1) is 10.7. The number of amides is 1. The number of benzene rings is 1. The standard InChI is InChI=1S/C18H19N3O/c1-12-5-6-13(10-14(12)16-4-2-9-19-21-16)20-17(22)15-11-18(15)7-3-8-18/h2,4-6,9-10,15H,3,7-8,11H2,1H3,(H,20,22). The second kappa shape index (κ2) is 4.90. The summed E-state index contributed by atoms with van der Waals surface area (Å²) in [7, 11) is 0. The van der Waals surface area contributed by atoms with Crippen LogP contribution in [0.4, 0.5) is 5.69 Å². The third-order valence-electron chi connectivity index (χ3n) is 5.21. The largest absolute Gasteiger partial charge is 0.326 e. The number of nitrogens with zero attached hydrogens (tertiary/aromatic N) is 2. The maximum atomic E-state index is 12.4. The molecular weight excluding hydrogens is 274 g/mol. The molecule has 0 radical (unpaired) electrons. The molecule has 1 atom stereocenters. The average molecular weight is 293 g/mol. The van der Waals surface area contributed by atoms with Crippen LogP contribution in [0.5, 0.6) is 0 Å². The number of rotatable bonds is 3. The highest BCUT2D eigenvalue weighted by Gasteiger charge is 2.60. The van der Waals surface area contributed by atoms with Crippen molar-refractivity contribution >= 4 is 11.6 Å². The number of aryl methyl sites for hydroxylation is 1. The van der Waals surface area contributed by atoms with Crippen molar-refractivity contribution in [2.75, 3.05) is 5.32 Å². The van der Waals surface area contributed by atoms with Crippen molar-refractivity contribution in [2.24, 2.45) is 11.3 Å². The lowest BCUT2D eigenvalue weighted by atomic mass is 9.79. The van der Waals surface area contributed by atoms with Gasteiger partial charge in [-0.1, -0.05) is 12.5 Å². The van der Waals surface area contributed by atoms with E-state index in [1.165, 1.54) is 19.3 Å². The zero-order chi connectivity index (χ0) is 15.2. The van der Waals surface area contributed by atoms with E-state index in [-0.39, 0.29) is 11.8 Å². The molecule has 4 rings (SSSR count). The van der Waals surface area contributed by atoms with Crippen LogP contribution >= 0.6 is 0 Å². The molecule has 112 valence electrons. The highest BCUT2D eigenvalue weighted by atomic mass is 16.2. The number of anilines is 1. The monoisotopic (exact) mass is 293 g/mol. The quantitative estimate of drug-likeness (QED) is 0.941. The van der Waals surface area contributed by atoms with Gasteiger partial charge in [-0.3, -0.25) is 4.79 Å². The van der Waals surface area contributed by atoms with Crippen molar-refractivity contribution < 1.29 is 4.79 Å². The van der Waals surface area contributed by atoms with E-state index >= 15 is 0 Å². The molecule has 2 aliphatic rings. The van der Waals surface area contributed by atoms with Gasteiger partial charge in [0.15, 0.2) is 0 Å². The van der Waals surface area contributed by atoms with Gasteiger partial charge in [-0.2, -0.15) is 10.2 Å². The number of nitrogens with one attached hydrogen (secondary N) is 1. The predicted octanol–water partition coefficient (Wildman–Crippen LogP) is 3.58. The van der Waals surface area contributed by atoms with Crippen LogP contribution in [-0.2, 0) is 4.79 Å². The van der Waals surface area contributed by atoms with E-state index in [1.54, 1.807) is 6.20 Å². The first-order valence-corrected chi connectivity index (χ1v) is 7.88. The van der Waals surface area contributed by atoms with Gasteiger partial charge in [-0.15, -0.1) is 0 Å². The van der Waals surface area contributed by atoms with Crippen LogP contribution in [0.15, 0.2) is 36.5 Å². The van der Waals surface area contributed by atoms with Gasteiger partial charge < -0.3 is 5.32 Å². The molecule has 4 nitrogen and oxygen atoms in total. The van der Waals surface area contributed by atoms with E-state index in [1.807, 2.05) is 37.3 Å². The fraction of sp³-hybridized carbons (Fsp3) is 0.389. The lowest BCUT2D eigenvalue weighted by Gasteiger charge is -2.26. The Morgan fingerprint density at radius 3 is 2.82 bits per heavy atom. The molecular formula is C18H19N3O. The molecule has 2 saturated carbocycles. The fourth-order valence-corrected chi connectivity index (χ4v) is 3.55. The van der Waals surface area contributed by atoms with Gasteiger partial charge in [0.25, 0.3) is 0 Å². The van der Waals surface area contributed by atoms with Crippen LogP contribution < -0.4 is 5.32 Å². The van der Waals surface area contributed by atoms with Gasteiger partial charge in [0, 0.05) is 23.4 Å². The van der Waals surface area contributed by atoms with Crippen molar-refractivity contribution in [2.45, 2.75) is 32.6 Å². The minimum Gasteiger partial charge on any atom is -0.326 e. The van der Waals surface area contributed by atoms with Crippen molar-refractivity contribution in [3.8, 4) is 11.3 Å². The van der Waals surface area contributed by atoms with Crippen LogP contribution in [0.25, 0.3) is 11.3 Å². The Labute approximate surface area is 130 Å². The van der Waals surface area contributed by atoms with Crippen LogP contribution in [0.3, 0.4) is 0 Å². The minimum atomic E-state index is 0.175. The Hall–Kier alpha value is -2.23. The zero-order valence-corrected chi connectivity index (χ0v) is 12.7. The topological polar surface area (TPSA) is 54.9 Å². The number of carbonyl (C=O) groups is 1. The number of hydrogen-bond acceptors (Lipinski definition) is 3. The molecule has 1 N–H and O–H groups in total. The van der Waals surface area contributed by atoms with E-state index in [0.717, 1.165) is 28.9 Å². The summed E-state index contributed by atoms with van der Waals surface area (Å²) in [6, 6.07) is 9.78. The smallest absolute Gasteiger partial charge is 0.228 e. The van der Waals surface area contributed by atoms with E-state index < -0.39 is 0 Å². The number of hydrogen-bond donors (Lipinski definition) is 1. The second-order valence-electron chi connectivity index (χ2n) is 6.60. The molecule has 0 aliphatic heterocycles. The molecule has 1 spiro atoms. The maximum Gasteiger partial charge on any atom is 0.228 e. The normalized spacial score (nSPS) is 21.2. The van der Waals surface area contributed by atoms with Crippen molar-refractivity contribution in [3.05, 3.63) is 42.1 Å². The summed E-state index contributed by atoms with van der Waals surface area (Å²) in [6.07, 6.45) is 6.47.